The summed E-state index contributed by atoms with van der Waals surface area (Å²) in [6, 6.07) is 4.80. The van der Waals surface area contributed by atoms with Crippen LogP contribution in [0.4, 0.5) is 0 Å². The van der Waals surface area contributed by atoms with E-state index >= 15 is 0 Å². The van der Waals surface area contributed by atoms with Crippen LogP contribution in [0, 0.1) is 6.92 Å². The normalized spacial score (nSPS) is 22.4. The quantitative estimate of drug-likeness (QED) is 0.836. The number of nitrogens with zero attached hydrogens (tertiary/aromatic N) is 2. The lowest BCUT2D eigenvalue weighted by Gasteiger charge is -2.37. The number of sulfonamides is 1. The smallest absolute Gasteiger partial charge is 0.254 e. The average molecular weight is 340 g/mol. The fourth-order valence-electron chi connectivity index (χ4n) is 2.56. The molecule has 0 radical (unpaired) electrons. The van der Waals surface area contributed by atoms with Crippen LogP contribution in [0.1, 0.15) is 29.8 Å². The Hall–Kier alpha value is -1.44. The lowest BCUT2D eigenvalue weighted by molar-refractivity contribution is -0.0387. The molecule has 0 aliphatic carbocycles. The van der Waals surface area contributed by atoms with E-state index in [0.717, 1.165) is 4.31 Å². The van der Waals surface area contributed by atoms with Crippen molar-refractivity contribution in [1.29, 1.82) is 0 Å². The molecular formula is C16H24N2O4S. The maximum absolute atomic E-state index is 12.8. The standard InChI is InChI=1S/C16H24N2O4S/c1-11-6-7-14(8-15(11)23(20,21)17(4)5)16(19)18-9-13(3)22-10-12(18)2/h6-8,12-13H,9-10H2,1-5H3. The third kappa shape index (κ3) is 3.57. The molecule has 23 heavy (non-hydrogen) atoms. The van der Waals surface area contributed by atoms with E-state index in [0.29, 0.717) is 24.3 Å². The first-order valence-corrected chi connectivity index (χ1v) is 9.04. The summed E-state index contributed by atoms with van der Waals surface area (Å²) in [7, 11) is -0.618. The van der Waals surface area contributed by atoms with Gasteiger partial charge in [-0.25, -0.2) is 12.7 Å². The highest BCUT2D eigenvalue weighted by atomic mass is 32.2. The van der Waals surface area contributed by atoms with Crippen molar-refractivity contribution >= 4 is 15.9 Å². The lowest BCUT2D eigenvalue weighted by atomic mass is 10.1. The van der Waals surface area contributed by atoms with Gasteiger partial charge in [-0.3, -0.25) is 4.79 Å². The fourth-order valence-corrected chi connectivity index (χ4v) is 3.70. The van der Waals surface area contributed by atoms with Crippen molar-refractivity contribution in [3.8, 4) is 0 Å². The molecule has 7 heteroatoms. The molecule has 1 aliphatic heterocycles. The molecule has 0 aromatic heterocycles. The van der Waals surface area contributed by atoms with Crippen LogP contribution in [-0.2, 0) is 14.8 Å². The number of hydrogen-bond donors (Lipinski definition) is 0. The van der Waals surface area contributed by atoms with E-state index in [1.807, 2.05) is 13.8 Å². The number of ether oxygens (including phenoxy) is 1. The molecule has 0 saturated carbocycles. The number of rotatable bonds is 3. The van der Waals surface area contributed by atoms with Crippen molar-refractivity contribution in [1.82, 2.24) is 9.21 Å². The summed E-state index contributed by atoms with van der Waals surface area (Å²) >= 11 is 0. The molecule has 0 N–H and O–H groups in total. The predicted octanol–water partition coefficient (Wildman–Crippen LogP) is 1.49. The second-order valence-electron chi connectivity index (χ2n) is 6.22. The van der Waals surface area contributed by atoms with E-state index in [9.17, 15) is 13.2 Å². The second kappa shape index (κ2) is 6.59. The van der Waals surface area contributed by atoms with Crippen molar-refractivity contribution in [2.45, 2.75) is 37.8 Å². The summed E-state index contributed by atoms with van der Waals surface area (Å²) < 4.78 is 31.5. The molecule has 1 heterocycles. The Morgan fingerprint density at radius 1 is 1.30 bits per heavy atom. The van der Waals surface area contributed by atoms with Gasteiger partial charge in [0.1, 0.15) is 0 Å². The van der Waals surface area contributed by atoms with Gasteiger partial charge in [0, 0.05) is 26.2 Å². The zero-order valence-corrected chi connectivity index (χ0v) is 15.1. The molecule has 2 atom stereocenters. The largest absolute Gasteiger partial charge is 0.375 e. The van der Waals surface area contributed by atoms with E-state index < -0.39 is 10.0 Å². The minimum absolute atomic E-state index is 0.0226. The van der Waals surface area contributed by atoms with Crippen molar-refractivity contribution in [2.24, 2.45) is 0 Å². The van der Waals surface area contributed by atoms with Crippen molar-refractivity contribution in [3.63, 3.8) is 0 Å². The van der Waals surface area contributed by atoms with E-state index in [1.54, 1.807) is 24.0 Å². The first-order chi connectivity index (χ1) is 10.6. The van der Waals surface area contributed by atoms with Gasteiger partial charge in [0.05, 0.1) is 23.6 Å². The van der Waals surface area contributed by atoms with Gasteiger partial charge in [0.25, 0.3) is 5.91 Å². The van der Waals surface area contributed by atoms with Gasteiger partial charge in [-0.15, -0.1) is 0 Å². The SMILES string of the molecule is Cc1ccc(C(=O)N2CC(C)OCC2C)cc1S(=O)(=O)N(C)C. The maximum Gasteiger partial charge on any atom is 0.254 e. The topological polar surface area (TPSA) is 66.9 Å². The highest BCUT2D eigenvalue weighted by molar-refractivity contribution is 7.89. The van der Waals surface area contributed by atoms with Crippen LogP contribution in [0.3, 0.4) is 0 Å². The molecule has 0 bridgehead atoms. The van der Waals surface area contributed by atoms with Crippen LogP contribution in [0.2, 0.25) is 0 Å². The summed E-state index contributed by atoms with van der Waals surface area (Å²) in [5.41, 5.74) is 1.01. The summed E-state index contributed by atoms with van der Waals surface area (Å²) in [5, 5.41) is 0. The van der Waals surface area contributed by atoms with Gasteiger partial charge in [-0.2, -0.15) is 0 Å². The average Bonchev–Trinajstić information content (AvgIpc) is 2.49. The second-order valence-corrected chi connectivity index (χ2v) is 8.34. The molecule has 1 fully saturated rings. The molecular weight excluding hydrogens is 316 g/mol. The van der Waals surface area contributed by atoms with E-state index in [1.165, 1.54) is 20.2 Å². The van der Waals surface area contributed by atoms with Crippen LogP contribution >= 0.6 is 0 Å². The molecule has 1 aromatic carbocycles. The molecule has 2 rings (SSSR count). The van der Waals surface area contributed by atoms with E-state index in [-0.39, 0.29) is 22.9 Å². The Morgan fingerprint density at radius 2 is 1.96 bits per heavy atom. The molecule has 6 nitrogen and oxygen atoms in total. The monoisotopic (exact) mass is 340 g/mol. The lowest BCUT2D eigenvalue weighted by Crippen LogP contribution is -2.50. The van der Waals surface area contributed by atoms with Gasteiger partial charge in [-0.05, 0) is 38.5 Å². The number of aryl methyl sites for hydroxylation is 1. The first-order valence-electron chi connectivity index (χ1n) is 7.60. The summed E-state index contributed by atoms with van der Waals surface area (Å²) in [6.07, 6.45) is -0.0226. The molecule has 2 unspecified atom stereocenters. The predicted molar refractivity (Wildman–Crippen MR) is 88.0 cm³/mol. The van der Waals surface area contributed by atoms with Gasteiger partial charge in [0.15, 0.2) is 0 Å². The van der Waals surface area contributed by atoms with E-state index in [4.69, 9.17) is 4.74 Å². The highest BCUT2D eigenvalue weighted by Gasteiger charge is 2.29. The summed E-state index contributed by atoms with van der Waals surface area (Å²) in [4.78, 5) is 14.7. The van der Waals surface area contributed by atoms with Crippen LogP contribution in [0.5, 0.6) is 0 Å². The van der Waals surface area contributed by atoms with Gasteiger partial charge < -0.3 is 9.64 Å². The Morgan fingerprint density at radius 3 is 2.57 bits per heavy atom. The molecule has 1 aromatic rings. The third-order valence-electron chi connectivity index (χ3n) is 4.06. The summed E-state index contributed by atoms with van der Waals surface area (Å²) in [6.45, 7) is 6.56. The Labute approximate surface area is 138 Å². The molecule has 1 saturated heterocycles. The Bertz CT molecular complexity index is 700. The fraction of sp³-hybridized carbons (Fsp3) is 0.562. The molecule has 0 spiro atoms. The third-order valence-corrected chi connectivity index (χ3v) is 6.02. The van der Waals surface area contributed by atoms with Gasteiger partial charge in [-0.1, -0.05) is 6.07 Å². The van der Waals surface area contributed by atoms with Gasteiger partial charge >= 0.3 is 0 Å². The molecule has 128 valence electrons. The molecule has 1 aliphatic rings. The van der Waals surface area contributed by atoms with Crippen molar-refractivity contribution in [3.05, 3.63) is 29.3 Å². The Kier molecular flexibility index (Phi) is 5.13. The van der Waals surface area contributed by atoms with Crippen LogP contribution in [0.15, 0.2) is 23.1 Å². The number of hydrogen-bond acceptors (Lipinski definition) is 4. The maximum atomic E-state index is 12.8. The van der Waals surface area contributed by atoms with Crippen LogP contribution in [-0.4, -0.2) is 62.9 Å². The zero-order valence-electron chi connectivity index (χ0n) is 14.2. The Balaban J connectivity index is 2.39. The molecule has 1 amide bonds. The zero-order chi connectivity index (χ0) is 17.4. The number of benzene rings is 1. The summed E-state index contributed by atoms with van der Waals surface area (Å²) in [5.74, 6) is -0.164. The van der Waals surface area contributed by atoms with Crippen molar-refractivity contribution in [2.75, 3.05) is 27.2 Å². The van der Waals surface area contributed by atoms with Gasteiger partial charge in [0.2, 0.25) is 10.0 Å². The van der Waals surface area contributed by atoms with Crippen LogP contribution < -0.4 is 0 Å². The number of carbonyl (C=O) groups is 1. The number of morpholine rings is 1. The number of carbonyl (C=O) groups excluding carboxylic acids is 1. The van der Waals surface area contributed by atoms with Crippen LogP contribution in [0.25, 0.3) is 0 Å². The van der Waals surface area contributed by atoms with Crippen molar-refractivity contribution < 1.29 is 17.9 Å². The van der Waals surface area contributed by atoms with E-state index in [2.05, 4.69) is 0 Å². The minimum Gasteiger partial charge on any atom is -0.375 e. The number of amides is 1. The first kappa shape index (κ1) is 17.9. The minimum atomic E-state index is -3.58. The highest BCUT2D eigenvalue weighted by Crippen LogP contribution is 2.22.